The van der Waals surface area contributed by atoms with Gasteiger partial charge in [0.25, 0.3) is 0 Å². The van der Waals surface area contributed by atoms with E-state index in [1.807, 2.05) is 37.3 Å². The molecule has 0 unspecified atom stereocenters. The Balaban J connectivity index is 2.36. The number of carbonyl (C=O) groups excluding carboxylic acids is 1. The quantitative estimate of drug-likeness (QED) is 0.805. The van der Waals surface area contributed by atoms with Crippen molar-refractivity contribution in [3.05, 3.63) is 53.9 Å². The third-order valence-electron chi connectivity index (χ3n) is 2.98. The van der Waals surface area contributed by atoms with Gasteiger partial charge >= 0.3 is 5.97 Å². The number of hydrogen-bond acceptors (Lipinski definition) is 3. The van der Waals surface area contributed by atoms with E-state index < -0.39 is 11.9 Å². The summed E-state index contributed by atoms with van der Waals surface area (Å²) in [6, 6.07) is 9.32. The molecule has 0 spiro atoms. The van der Waals surface area contributed by atoms with E-state index in [0.717, 1.165) is 5.56 Å². The molecular weight excluding hydrogens is 259 g/mol. The normalized spacial score (nSPS) is 12.4. The molecule has 20 heavy (non-hydrogen) atoms. The monoisotopic (exact) mass is 276 g/mol. The maximum atomic E-state index is 13.8. The number of ether oxygens (including phenoxy) is 1. The van der Waals surface area contributed by atoms with E-state index in [0.29, 0.717) is 0 Å². The minimum absolute atomic E-state index is 0.143. The van der Waals surface area contributed by atoms with Crippen LogP contribution in [0.1, 0.15) is 42.9 Å². The van der Waals surface area contributed by atoms with E-state index in [2.05, 4.69) is 4.98 Å². The second-order valence-corrected chi connectivity index (χ2v) is 4.83. The Labute approximate surface area is 117 Å². The van der Waals surface area contributed by atoms with Gasteiger partial charge in [-0.25, -0.2) is 9.78 Å². The first-order valence-corrected chi connectivity index (χ1v) is 6.49. The SMILES string of the molecule is CC(C)OC(=O)c1c(F)ncn1[C@H](C)c1ccccc1. The van der Waals surface area contributed by atoms with Crippen molar-refractivity contribution < 1.29 is 13.9 Å². The Morgan fingerprint density at radius 3 is 2.50 bits per heavy atom. The predicted molar refractivity (Wildman–Crippen MR) is 73.0 cm³/mol. The molecule has 0 aliphatic heterocycles. The highest BCUT2D eigenvalue weighted by atomic mass is 19.1. The van der Waals surface area contributed by atoms with Gasteiger partial charge in [-0.3, -0.25) is 0 Å². The van der Waals surface area contributed by atoms with Crippen molar-refractivity contribution in [2.24, 2.45) is 0 Å². The van der Waals surface area contributed by atoms with Crippen LogP contribution in [0.2, 0.25) is 0 Å². The summed E-state index contributed by atoms with van der Waals surface area (Å²) in [5, 5.41) is 0. The van der Waals surface area contributed by atoms with E-state index in [1.165, 1.54) is 10.9 Å². The highest BCUT2D eigenvalue weighted by Crippen LogP contribution is 2.21. The van der Waals surface area contributed by atoms with Gasteiger partial charge in [0.2, 0.25) is 5.95 Å². The van der Waals surface area contributed by atoms with Crippen molar-refractivity contribution in [3.8, 4) is 0 Å². The Bertz CT molecular complexity index is 593. The van der Waals surface area contributed by atoms with Crippen LogP contribution in [-0.2, 0) is 4.74 Å². The Hall–Kier alpha value is -2.17. The number of rotatable bonds is 4. The van der Waals surface area contributed by atoms with Gasteiger partial charge in [-0.05, 0) is 26.3 Å². The first kappa shape index (κ1) is 14.2. The summed E-state index contributed by atoms with van der Waals surface area (Å²) in [6.45, 7) is 5.32. The molecule has 0 fully saturated rings. The highest BCUT2D eigenvalue weighted by molar-refractivity contribution is 5.87. The molecule has 0 N–H and O–H groups in total. The van der Waals surface area contributed by atoms with Gasteiger partial charge in [-0.2, -0.15) is 4.39 Å². The number of imidazole rings is 1. The number of nitrogens with zero attached hydrogens (tertiary/aromatic N) is 2. The second kappa shape index (κ2) is 5.86. The fraction of sp³-hybridized carbons (Fsp3) is 0.333. The van der Waals surface area contributed by atoms with Crippen molar-refractivity contribution >= 4 is 5.97 Å². The van der Waals surface area contributed by atoms with E-state index in [9.17, 15) is 9.18 Å². The molecule has 1 heterocycles. The fourth-order valence-corrected chi connectivity index (χ4v) is 1.98. The van der Waals surface area contributed by atoms with Gasteiger partial charge in [-0.1, -0.05) is 30.3 Å². The number of hydrogen-bond donors (Lipinski definition) is 0. The lowest BCUT2D eigenvalue weighted by molar-refractivity contribution is 0.0358. The van der Waals surface area contributed by atoms with Gasteiger partial charge in [0.15, 0.2) is 5.69 Å². The first-order chi connectivity index (χ1) is 9.50. The van der Waals surface area contributed by atoms with Gasteiger partial charge < -0.3 is 9.30 Å². The van der Waals surface area contributed by atoms with Gasteiger partial charge in [0.05, 0.1) is 18.5 Å². The molecule has 0 aliphatic rings. The summed E-state index contributed by atoms with van der Waals surface area (Å²) in [7, 11) is 0. The smallest absolute Gasteiger partial charge is 0.360 e. The van der Waals surface area contributed by atoms with Crippen LogP contribution in [0.5, 0.6) is 0 Å². The zero-order chi connectivity index (χ0) is 14.7. The van der Waals surface area contributed by atoms with Crippen LogP contribution in [-0.4, -0.2) is 21.6 Å². The van der Waals surface area contributed by atoms with Gasteiger partial charge in [-0.15, -0.1) is 0 Å². The van der Waals surface area contributed by atoms with Crippen molar-refractivity contribution in [2.75, 3.05) is 0 Å². The summed E-state index contributed by atoms with van der Waals surface area (Å²) in [5.74, 6) is -1.50. The molecular formula is C15H17FN2O2. The molecule has 1 atom stereocenters. The molecule has 1 aromatic heterocycles. The fourth-order valence-electron chi connectivity index (χ4n) is 1.98. The topological polar surface area (TPSA) is 44.1 Å². The molecule has 4 nitrogen and oxygen atoms in total. The lowest BCUT2D eigenvalue weighted by Gasteiger charge is -2.17. The van der Waals surface area contributed by atoms with Crippen LogP contribution < -0.4 is 0 Å². The van der Waals surface area contributed by atoms with Crippen LogP contribution in [0.25, 0.3) is 0 Å². The molecule has 0 aliphatic carbocycles. The van der Waals surface area contributed by atoms with E-state index >= 15 is 0 Å². The summed E-state index contributed by atoms with van der Waals surface area (Å²) < 4.78 is 20.3. The number of aromatic nitrogens is 2. The minimum atomic E-state index is -0.807. The number of esters is 1. The molecule has 0 saturated heterocycles. The van der Waals surface area contributed by atoms with Crippen molar-refractivity contribution in [3.63, 3.8) is 0 Å². The maximum absolute atomic E-state index is 13.8. The van der Waals surface area contributed by atoms with Crippen LogP contribution in [0.15, 0.2) is 36.7 Å². The molecule has 0 radical (unpaired) electrons. The average Bonchev–Trinajstić information content (AvgIpc) is 2.80. The summed E-state index contributed by atoms with van der Waals surface area (Å²) >= 11 is 0. The third kappa shape index (κ3) is 2.87. The lowest BCUT2D eigenvalue weighted by atomic mass is 10.1. The molecule has 0 amide bonds. The number of halogens is 1. The zero-order valence-electron chi connectivity index (χ0n) is 11.7. The first-order valence-electron chi connectivity index (χ1n) is 6.49. The molecule has 5 heteroatoms. The number of benzene rings is 1. The summed E-state index contributed by atoms with van der Waals surface area (Å²) in [5.41, 5.74) is 0.818. The van der Waals surface area contributed by atoms with Crippen LogP contribution in [0.4, 0.5) is 4.39 Å². The van der Waals surface area contributed by atoms with E-state index in [-0.39, 0.29) is 17.8 Å². The Morgan fingerprint density at radius 1 is 1.25 bits per heavy atom. The predicted octanol–water partition coefficient (Wildman–Crippen LogP) is 3.20. The van der Waals surface area contributed by atoms with E-state index in [1.54, 1.807) is 13.8 Å². The van der Waals surface area contributed by atoms with Gasteiger partial charge in [0, 0.05) is 0 Å². The van der Waals surface area contributed by atoms with Crippen LogP contribution in [0.3, 0.4) is 0 Å². The third-order valence-corrected chi connectivity index (χ3v) is 2.98. The number of carbonyl (C=O) groups is 1. The zero-order valence-corrected chi connectivity index (χ0v) is 11.7. The minimum Gasteiger partial charge on any atom is -0.458 e. The Morgan fingerprint density at radius 2 is 1.90 bits per heavy atom. The van der Waals surface area contributed by atoms with Crippen molar-refractivity contribution in [1.29, 1.82) is 0 Å². The largest absolute Gasteiger partial charge is 0.458 e. The maximum Gasteiger partial charge on any atom is 0.360 e. The second-order valence-electron chi connectivity index (χ2n) is 4.83. The molecule has 1 aromatic carbocycles. The Kier molecular flexibility index (Phi) is 4.17. The molecule has 0 bridgehead atoms. The van der Waals surface area contributed by atoms with Crippen LogP contribution >= 0.6 is 0 Å². The van der Waals surface area contributed by atoms with Crippen molar-refractivity contribution in [1.82, 2.24) is 9.55 Å². The van der Waals surface area contributed by atoms with Crippen LogP contribution in [0, 0.1) is 5.95 Å². The molecule has 2 rings (SSSR count). The molecule has 106 valence electrons. The summed E-state index contributed by atoms with van der Waals surface area (Å²) in [6.07, 6.45) is 1.02. The standard InChI is InChI=1S/C15H17FN2O2/c1-10(2)20-15(19)13-14(16)17-9-18(13)11(3)12-7-5-4-6-8-12/h4-11H,1-3H3/t11-/m1/s1. The highest BCUT2D eigenvalue weighted by Gasteiger charge is 2.24. The average molecular weight is 276 g/mol. The van der Waals surface area contributed by atoms with E-state index in [4.69, 9.17) is 4.74 Å². The molecule has 0 saturated carbocycles. The lowest BCUT2D eigenvalue weighted by Crippen LogP contribution is -2.19. The summed E-state index contributed by atoms with van der Waals surface area (Å²) in [4.78, 5) is 15.6. The molecule has 2 aromatic rings. The van der Waals surface area contributed by atoms with Gasteiger partial charge in [0.1, 0.15) is 0 Å². The van der Waals surface area contributed by atoms with Crippen molar-refractivity contribution in [2.45, 2.75) is 32.9 Å².